The molecule has 5 nitrogen and oxygen atoms in total. The summed E-state index contributed by atoms with van der Waals surface area (Å²) in [5.41, 5.74) is 1.82. The highest BCUT2D eigenvalue weighted by Gasteiger charge is 2.30. The third-order valence-corrected chi connectivity index (χ3v) is 7.16. The van der Waals surface area contributed by atoms with E-state index in [1.807, 2.05) is 26.0 Å². The molecule has 2 rings (SSSR count). The number of hydrogen-bond acceptors (Lipinski definition) is 4. The lowest BCUT2D eigenvalue weighted by molar-refractivity contribution is -0.131. The molecule has 0 aliphatic carbocycles. The van der Waals surface area contributed by atoms with Crippen molar-refractivity contribution in [1.82, 2.24) is 9.21 Å². The van der Waals surface area contributed by atoms with Crippen molar-refractivity contribution in [1.29, 1.82) is 0 Å². The van der Waals surface area contributed by atoms with E-state index < -0.39 is 10.0 Å². The molecule has 24 heavy (non-hydrogen) atoms. The van der Waals surface area contributed by atoms with Crippen LogP contribution in [0.4, 0.5) is 0 Å². The molecule has 1 amide bonds. The fourth-order valence-corrected chi connectivity index (χ4v) is 5.10. The summed E-state index contributed by atoms with van der Waals surface area (Å²) in [4.78, 5) is 14.3. The van der Waals surface area contributed by atoms with Crippen LogP contribution in [-0.2, 0) is 14.8 Å². The zero-order chi connectivity index (χ0) is 17.7. The van der Waals surface area contributed by atoms with Crippen LogP contribution in [0.1, 0.15) is 24.5 Å². The van der Waals surface area contributed by atoms with E-state index in [2.05, 4.69) is 6.92 Å². The number of nitrogens with zero attached hydrogens (tertiary/aromatic N) is 2. The first-order chi connectivity index (χ1) is 11.4. The van der Waals surface area contributed by atoms with Crippen LogP contribution in [0.25, 0.3) is 0 Å². The Hall–Kier alpha value is -1.05. The monoisotopic (exact) mass is 370 g/mol. The highest BCUT2D eigenvalue weighted by Crippen LogP contribution is 2.22. The molecule has 0 aromatic heterocycles. The molecule has 0 spiro atoms. The summed E-state index contributed by atoms with van der Waals surface area (Å²) >= 11 is 1.75. The maximum atomic E-state index is 12.8. The smallest absolute Gasteiger partial charge is 0.243 e. The normalized spacial score (nSPS) is 16.4. The van der Waals surface area contributed by atoms with Gasteiger partial charge in [0, 0.05) is 38.4 Å². The molecule has 1 fully saturated rings. The van der Waals surface area contributed by atoms with Crippen molar-refractivity contribution < 1.29 is 13.2 Å². The first-order valence-corrected chi connectivity index (χ1v) is 10.9. The highest BCUT2D eigenvalue weighted by atomic mass is 32.2. The van der Waals surface area contributed by atoms with Gasteiger partial charge in [0.15, 0.2) is 0 Å². The number of sulfonamides is 1. The largest absolute Gasteiger partial charge is 0.340 e. The van der Waals surface area contributed by atoms with Crippen LogP contribution in [0.15, 0.2) is 23.1 Å². The van der Waals surface area contributed by atoms with Gasteiger partial charge >= 0.3 is 0 Å². The fourth-order valence-electron chi connectivity index (χ4n) is 2.87. The average molecular weight is 371 g/mol. The van der Waals surface area contributed by atoms with E-state index in [-0.39, 0.29) is 5.91 Å². The molecule has 0 bridgehead atoms. The molecule has 1 saturated heterocycles. The second-order valence-corrected chi connectivity index (χ2v) is 9.30. The molecule has 0 saturated carbocycles. The first-order valence-electron chi connectivity index (χ1n) is 8.29. The van der Waals surface area contributed by atoms with Crippen LogP contribution in [0, 0.1) is 13.8 Å². The quantitative estimate of drug-likeness (QED) is 0.721. The Labute approximate surface area is 149 Å². The molecule has 0 radical (unpaired) electrons. The third-order valence-electron chi connectivity index (χ3n) is 4.20. The molecule has 134 valence electrons. The summed E-state index contributed by atoms with van der Waals surface area (Å²) in [5.74, 6) is 1.96. The van der Waals surface area contributed by atoms with Crippen molar-refractivity contribution in [3.8, 4) is 0 Å². The minimum atomic E-state index is -3.49. The van der Waals surface area contributed by atoms with Crippen molar-refractivity contribution >= 4 is 27.7 Å². The third kappa shape index (κ3) is 4.52. The topological polar surface area (TPSA) is 57.7 Å². The lowest BCUT2D eigenvalue weighted by Gasteiger charge is -2.34. The number of rotatable bonds is 6. The number of hydrogen-bond donors (Lipinski definition) is 0. The second kappa shape index (κ2) is 8.36. The number of carbonyl (C=O) groups excluding carboxylic acids is 1. The van der Waals surface area contributed by atoms with Crippen LogP contribution in [-0.4, -0.2) is 61.2 Å². The molecule has 1 aromatic carbocycles. The SMILES string of the molecule is CCSCCC(=O)N1CCN(S(=O)(=O)c2ccc(C)cc2C)CC1. The van der Waals surface area contributed by atoms with E-state index >= 15 is 0 Å². The van der Waals surface area contributed by atoms with E-state index in [0.29, 0.717) is 37.5 Å². The van der Waals surface area contributed by atoms with Gasteiger partial charge in [-0.25, -0.2) is 8.42 Å². The van der Waals surface area contributed by atoms with Gasteiger partial charge < -0.3 is 4.90 Å². The van der Waals surface area contributed by atoms with Crippen LogP contribution in [0.3, 0.4) is 0 Å². The van der Waals surface area contributed by atoms with E-state index in [1.165, 1.54) is 4.31 Å². The van der Waals surface area contributed by atoms with Crippen LogP contribution >= 0.6 is 11.8 Å². The summed E-state index contributed by atoms with van der Waals surface area (Å²) in [6.07, 6.45) is 0.530. The maximum Gasteiger partial charge on any atom is 0.243 e. The molecule has 1 heterocycles. The molecular weight excluding hydrogens is 344 g/mol. The van der Waals surface area contributed by atoms with Gasteiger partial charge in [-0.05, 0) is 31.2 Å². The predicted octanol–water partition coefficient (Wildman–Crippen LogP) is 2.28. The molecule has 1 aliphatic rings. The summed E-state index contributed by atoms with van der Waals surface area (Å²) in [5, 5.41) is 0. The zero-order valence-electron chi connectivity index (χ0n) is 14.6. The van der Waals surface area contributed by atoms with Gasteiger partial charge in [-0.1, -0.05) is 24.6 Å². The highest BCUT2D eigenvalue weighted by molar-refractivity contribution is 7.99. The lowest BCUT2D eigenvalue weighted by atomic mass is 10.2. The second-order valence-electron chi connectivity index (χ2n) is 6.00. The van der Waals surface area contributed by atoms with E-state index in [9.17, 15) is 13.2 Å². The van der Waals surface area contributed by atoms with Crippen molar-refractivity contribution in [3.63, 3.8) is 0 Å². The standard InChI is InChI=1S/C17H26N2O3S2/c1-4-23-12-7-17(20)18-8-10-19(11-9-18)24(21,22)16-6-5-14(2)13-15(16)3/h5-6,13H,4,7-12H2,1-3H3. The molecule has 7 heteroatoms. The number of carbonyl (C=O) groups is 1. The van der Waals surface area contributed by atoms with Crippen molar-refractivity contribution in [2.45, 2.75) is 32.1 Å². The Morgan fingerprint density at radius 2 is 1.83 bits per heavy atom. The Bertz CT molecular complexity index is 681. The molecule has 0 unspecified atom stereocenters. The minimum absolute atomic E-state index is 0.125. The summed E-state index contributed by atoms with van der Waals surface area (Å²) in [6, 6.07) is 5.39. The van der Waals surface area contributed by atoms with Gasteiger partial charge in [0.25, 0.3) is 0 Å². The van der Waals surface area contributed by atoms with E-state index in [4.69, 9.17) is 0 Å². The van der Waals surface area contributed by atoms with Crippen molar-refractivity contribution in [2.75, 3.05) is 37.7 Å². The van der Waals surface area contributed by atoms with Gasteiger partial charge in [0.1, 0.15) is 0 Å². The Morgan fingerprint density at radius 1 is 1.17 bits per heavy atom. The predicted molar refractivity (Wildman–Crippen MR) is 98.9 cm³/mol. The number of thioether (sulfide) groups is 1. The first kappa shape index (κ1) is 19.3. The lowest BCUT2D eigenvalue weighted by Crippen LogP contribution is -2.50. The number of amides is 1. The molecule has 1 aliphatic heterocycles. The number of aryl methyl sites for hydroxylation is 2. The van der Waals surface area contributed by atoms with Crippen LogP contribution in [0.5, 0.6) is 0 Å². The van der Waals surface area contributed by atoms with E-state index in [0.717, 1.165) is 22.6 Å². The van der Waals surface area contributed by atoms with Gasteiger partial charge in [-0.3, -0.25) is 4.79 Å². The molecule has 0 N–H and O–H groups in total. The van der Waals surface area contributed by atoms with Crippen LogP contribution < -0.4 is 0 Å². The molecule has 0 atom stereocenters. The Morgan fingerprint density at radius 3 is 2.42 bits per heavy atom. The Kier molecular flexibility index (Phi) is 6.71. The fraction of sp³-hybridized carbons (Fsp3) is 0.588. The maximum absolute atomic E-state index is 12.8. The van der Waals surface area contributed by atoms with E-state index in [1.54, 1.807) is 22.7 Å². The minimum Gasteiger partial charge on any atom is -0.340 e. The molecular formula is C17H26N2O3S2. The summed E-state index contributed by atoms with van der Waals surface area (Å²) < 4.78 is 27.1. The van der Waals surface area contributed by atoms with Crippen molar-refractivity contribution in [3.05, 3.63) is 29.3 Å². The number of benzene rings is 1. The van der Waals surface area contributed by atoms with Gasteiger partial charge in [-0.15, -0.1) is 0 Å². The van der Waals surface area contributed by atoms with Crippen molar-refractivity contribution in [2.24, 2.45) is 0 Å². The van der Waals surface area contributed by atoms with Gasteiger partial charge in [0.2, 0.25) is 15.9 Å². The summed E-state index contributed by atoms with van der Waals surface area (Å²) in [7, 11) is -3.49. The zero-order valence-corrected chi connectivity index (χ0v) is 16.3. The number of piperazine rings is 1. The van der Waals surface area contributed by atoms with Gasteiger partial charge in [0.05, 0.1) is 4.90 Å². The van der Waals surface area contributed by atoms with Gasteiger partial charge in [-0.2, -0.15) is 16.1 Å². The van der Waals surface area contributed by atoms with Crippen LogP contribution in [0.2, 0.25) is 0 Å². The molecule has 1 aromatic rings. The Balaban J connectivity index is 1.99. The summed E-state index contributed by atoms with van der Waals surface area (Å²) in [6.45, 7) is 7.52. The average Bonchev–Trinajstić information content (AvgIpc) is 2.54.